The highest BCUT2D eigenvalue weighted by Gasteiger charge is 1.74. The molecule has 0 radical (unpaired) electrons. The largest absolute Gasteiger partial charge is 0.396 e. The fourth-order valence-corrected chi connectivity index (χ4v) is 0.220. The number of rotatable bonds is 0. The van der Waals surface area contributed by atoms with Crippen LogP contribution in [0.5, 0.6) is 0 Å². The lowest BCUT2D eigenvalue weighted by molar-refractivity contribution is 1.17. The molecule has 0 saturated carbocycles. The highest BCUT2D eigenvalue weighted by Crippen LogP contribution is 1.88. The first-order valence-corrected chi connectivity index (χ1v) is 1.68. The first kappa shape index (κ1) is 1.78. The molecule has 1 aromatic heterocycles. The minimum atomic E-state index is -0.343. The molecule has 1 heterocycles. The van der Waals surface area contributed by atoms with Crippen molar-refractivity contribution in [1.29, 1.82) is 0 Å². The van der Waals surface area contributed by atoms with Gasteiger partial charge in [-0.3, -0.25) is 0 Å². The fraction of sp³-hybridized carbons (Fsp3) is 0. The Labute approximate surface area is 45.4 Å². The molecule has 0 aromatic carbocycles. The Morgan fingerprint density at radius 3 is 2.71 bits per heavy atom. The van der Waals surface area contributed by atoms with Gasteiger partial charge >= 0.3 is 0 Å². The normalized spacial score (nSPS) is 14.6. The quantitative estimate of drug-likeness (QED) is 0.499. The monoisotopic (exact) mass is 98.1 g/mol. The van der Waals surface area contributed by atoms with Crippen LogP contribution in [0.2, 0.25) is 0 Å². The summed E-state index contributed by atoms with van der Waals surface area (Å²) in [6.45, 7) is 0. The molecule has 36 valence electrons. The Morgan fingerprint density at radius 2 is 2.14 bits per heavy atom. The molecule has 0 aliphatic carbocycles. The van der Waals surface area contributed by atoms with Crippen LogP contribution in [-0.2, 0) is 0 Å². The molecule has 0 saturated heterocycles. The highest BCUT2D eigenvalue weighted by molar-refractivity contribution is 5.28. The Kier molecular flexibility index (Phi) is 0.394. The van der Waals surface area contributed by atoms with E-state index in [1.54, 1.807) is 0 Å². The van der Waals surface area contributed by atoms with Gasteiger partial charge in [-0.2, -0.15) is 0 Å². The van der Waals surface area contributed by atoms with Crippen molar-refractivity contribution in [2.45, 2.75) is 0 Å². The maximum atomic E-state index is 6.99. The first-order chi connectivity index (χ1) is 4.61. The summed E-state index contributed by atoms with van der Waals surface area (Å²) in [5, 5.41) is 0. The zero-order chi connectivity index (χ0) is 7.72. The molecule has 7 heavy (non-hydrogen) atoms. The van der Waals surface area contributed by atoms with Crippen LogP contribution >= 0.6 is 0 Å². The minimum absolute atomic E-state index is 0.0870. The maximum Gasteiger partial charge on any atom is 0.115 e. The molecule has 1 rings (SSSR count). The summed E-state index contributed by atoms with van der Waals surface area (Å²) in [7, 11) is 0. The van der Waals surface area contributed by atoms with Crippen molar-refractivity contribution in [1.82, 2.24) is 9.97 Å². The number of aromatic nitrogens is 2. The van der Waals surface area contributed by atoms with Gasteiger partial charge in [0.1, 0.15) is 7.67 Å². The van der Waals surface area contributed by atoms with E-state index in [9.17, 15) is 0 Å². The molecule has 0 atom stereocenters. The second-order valence-electron chi connectivity index (χ2n) is 0.961. The van der Waals surface area contributed by atoms with Crippen molar-refractivity contribution in [3.05, 3.63) is 18.6 Å². The van der Waals surface area contributed by atoms with E-state index in [4.69, 9.17) is 9.85 Å². The number of hydrogen-bond donors (Lipinski definition) is 1. The van der Waals surface area contributed by atoms with Crippen molar-refractivity contribution in [3.8, 4) is 0 Å². The summed E-state index contributed by atoms with van der Waals surface area (Å²) in [4.78, 5) is 6.62. The van der Waals surface area contributed by atoms with E-state index in [0.717, 1.165) is 0 Å². The molecule has 2 N–H and O–H groups in total. The van der Waals surface area contributed by atoms with Gasteiger partial charge in [0.25, 0.3) is 0 Å². The van der Waals surface area contributed by atoms with E-state index in [2.05, 4.69) is 9.97 Å². The van der Waals surface area contributed by atoms with E-state index in [1.807, 2.05) is 0 Å². The second-order valence-corrected chi connectivity index (χ2v) is 0.961. The number of anilines is 1. The molecule has 0 aliphatic heterocycles. The molecule has 1 aromatic rings. The van der Waals surface area contributed by atoms with Crippen LogP contribution in [-0.4, -0.2) is 9.97 Å². The van der Waals surface area contributed by atoms with Crippen LogP contribution in [0.3, 0.4) is 0 Å². The van der Waals surface area contributed by atoms with Crippen LogP contribution in [0.15, 0.2) is 18.6 Å². The van der Waals surface area contributed by atoms with Crippen LogP contribution in [0.4, 0.5) is 5.69 Å². The fourth-order valence-electron chi connectivity index (χ4n) is 0.220. The minimum Gasteiger partial charge on any atom is -0.396 e. The SMILES string of the molecule is [2H]c1nc([2H])c(N)c([2H])n1. The number of hydrogen-bond acceptors (Lipinski definition) is 3. The van der Waals surface area contributed by atoms with Gasteiger partial charge in [-0.15, -0.1) is 0 Å². The summed E-state index contributed by atoms with van der Waals surface area (Å²) in [6, 6.07) is 0. The summed E-state index contributed by atoms with van der Waals surface area (Å²) in [5.74, 6) is 0. The standard InChI is InChI=1S/C4H5N3/c5-4-1-6-3-7-2-4/h1-3H,5H2/i1D,2D,3D. The Bertz CT molecular complexity index is 239. The van der Waals surface area contributed by atoms with Crippen molar-refractivity contribution < 1.29 is 4.11 Å². The molecular formula is C4H5N3. The summed E-state index contributed by atoms with van der Waals surface area (Å²) < 4.78 is 20.8. The van der Waals surface area contributed by atoms with Crippen LogP contribution in [0, 0.1) is 0 Å². The smallest absolute Gasteiger partial charge is 0.115 e. The predicted octanol–water partition coefficient (Wildman–Crippen LogP) is 0.0588. The summed E-state index contributed by atoms with van der Waals surface area (Å²) in [6.07, 6.45) is -0.862. The number of nitrogens with two attached hydrogens (primary N) is 1. The van der Waals surface area contributed by atoms with Crippen molar-refractivity contribution in [2.75, 3.05) is 5.73 Å². The Balaban J connectivity index is 3.31. The van der Waals surface area contributed by atoms with Crippen LogP contribution in [0.25, 0.3) is 0 Å². The molecule has 0 unspecified atom stereocenters. The third-order valence-corrected chi connectivity index (χ3v) is 0.453. The second kappa shape index (κ2) is 1.55. The Hall–Kier alpha value is -1.12. The van der Waals surface area contributed by atoms with Gasteiger partial charge in [0, 0.05) is 0 Å². The number of nitrogens with zero attached hydrogens (tertiary/aromatic N) is 2. The highest BCUT2D eigenvalue weighted by atomic mass is 14.8. The predicted molar refractivity (Wildman–Crippen MR) is 26.4 cm³/mol. The lowest BCUT2D eigenvalue weighted by Gasteiger charge is -1.82. The zero-order valence-electron chi connectivity index (χ0n) is 6.47. The first-order valence-electron chi connectivity index (χ1n) is 3.18. The van der Waals surface area contributed by atoms with Gasteiger partial charge < -0.3 is 5.73 Å². The van der Waals surface area contributed by atoms with Gasteiger partial charge in [0.05, 0.1) is 20.8 Å². The van der Waals surface area contributed by atoms with Gasteiger partial charge in [-0.25, -0.2) is 9.97 Å². The molecule has 0 bridgehead atoms. The molecule has 0 aliphatic rings. The van der Waals surface area contributed by atoms with E-state index >= 15 is 0 Å². The van der Waals surface area contributed by atoms with Crippen molar-refractivity contribution in [2.24, 2.45) is 0 Å². The Morgan fingerprint density at radius 1 is 1.57 bits per heavy atom. The topological polar surface area (TPSA) is 51.8 Å². The van der Waals surface area contributed by atoms with E-state index in [0.29, 0.717) is 0 Å². The number of nitrogen functional groups attached to an aromatic ring is 1. The summed E-state index contributed by atoms with van der Waals surface area (Å²) >= 11 is 0. The van der Waals surface area contributed by atoms with E-state index in [-0.39, 0.29) is 24.3 Å². The molecule has 3 heteroatoms. The summed E-state index contributed by atoms with van der Waals surface area (Å²) in [5.41, 5.74) is 5.08. The molecule has 3 nitrogen and oxygen atoms in total. The lowest BCUT2D eigenvalue weighted by Crippen LogP contribution is -1.85. The van der Waals surface area contributed by atoms with Gasteiger partial charge in [0.15, 0.2) is 0 Å². The van der Waals surface area contributed by atoms with Gasteiger partial charge in [-0.1, -0.05) is 0 Å². The zero-order valence-corrected chi connectivity index (χ0v) is 3.47. The van der Waals surface area contributed by atoms with Crippen molar-refractivity contribution in [3.63, 3.8) is 0 Å². The average molecular weight is 98.1 g/mol. The molecule has 0 amide bonds. The molecule has 0 spiro atoms. The molecule has 0 fully saturated rings. The van der Waals surface area contributed by atoms with E-state index in [1.165, 1.54) is 0 Å². The van der Waals surface area contributed by atoms with Crippen LogP contribution < -0.4 is 5.73 Å². The third kappa shape index (κ3) is 0.855. The van der Waals surface area contributed by atoms with Crippen molar-refractivity contribution >= 4 is 5.69 Å². The maximum absolute atomic E-state index is 6.99. The van der Waals surface area contributed by atoms with Gasteiger partial charge in [-0.05, 0) is 0 Å². The van der Waals surface area contributed by atoms with Crippen LogP contribution in [0.1, 0.15) is 4.11 Å². The average Bonchev–Trinajstić information content (AvgIpc) is 1.82. The molecular weight excluding hydrogens is 90.1 g/mol. The van der Waals surface area contributed by atoms with E-state index < -0.39 is 0 Å². The van der Waals surface area contributed by atoms with Gasteiger partial charge in [0.2, 0.25) is 0 Å². The lowest BCUT2D eigenvalue weighted by atomic mass is 10.6. The third-order valence-electron chi connectivity index (χ3n) is 0.453.